The van der Waals surface area contributed by atoms with Gasteiger partial charge in [0.05, 0.1) is 16.1 Å². The highest BCUT2D eigenvalue weighted by Crippen LogP contribution is 2.27. The molecule has 1 atom stereocenters. The first kappa shape index (κ1) is 20.5. The molecule has 3 aromatic rings. The molecule has 0 aliphatic carbocycles. The van der Waals surface area contributed by atoms with Crippen molar-refractivity contribution in [3.63, 3.8) is 0 Å². The number of sulfonamides is 1. The second-order valence-electron chi connectivity index (χ2n) is 7.18. The van der Waals surface area contributed by atoms with Gasteiger partial charge in [0.1, 0.15) is 4.21 Å². The van der Waals surface area contributed by atoms with Gasteiger partial charge in [-0.3, -0.25) is 4.79 Å². The fraction of sp³-hybridized carbons (Fsp3) is 0.400. The zero-order valence-electron chi connectivity index (χ0n) is 16.4. The number of hydrogen-bond donors (Lipinski definition) is 0. The number of fused-ring (bicyclic) bond motifs is 1. The van der Waals surface area contributed by atoms with Crippen LogP contribution in [0.25, 0.3) is 10.2 Å². The Morgan fingerprint density at radius 3 is 2.86 bits per heavy atom. The molecule has 3 heterocycles. The van der Waals surface area contributed by atoms with Gasteiger partial charge in [0.2, 0.25) is 0 Å². The molecule has 0 saturated carbocycles. The van der Waals surface area contributed by atoms with E-state index in [-0.39, 0.29) is 12.5 Å². The summed E-state index contributed by atoms with van der Waals surface area (Å²) in [4.78, 5) is 18.0. The maximum Gasteiger partial charge on any atom is 0.252 e. The van der Waals surface area contributed by atoms with E-state index in [9.17, 15) is 13.2 Å². The number of piperidine rings is 1. The van der Waals surface area contributed by atoms with Crippen molar-refractivity contribution in [2.75, 3.05) is 13.1 Å². The summed E-state index contributed by atoms with van der Waals surface area (Å²) >= 11 is 2.71. The van der Waals surface area contributed by atoms with E-state index in [1.54, 1.807) is 17.5 Å². The maximum atomic E-state index is 12.9. The lowest BCUT2D eigenvalue weighted by molar-refractivity contribution is -0.122. The molecule has 1 aliphatic heterocycles. The van der Waals surface area contributed by atoms with Gasteiger partial charge in [-0.2, -0.15) is 9.30 Å². The molecule has 1 fully saturated rings. The van der Waals surface area contributed by atoms with Crippen LogP contribution in [0, 0.1) is 12.8 Å². The Labute approximate surface area is 178 Å². The highest BCUT2D eigenvalue weighted by molar-refractivity contribution is 7.91. The number of hydrogen-bond acceptors (Lipinski definition) is 5. The first-order chi connectivity index (χ1) is 13.9. The molecule has 29 heavy (non-hydrogen) atoms. The molecule has 1 unspecified atom stereocenters. The number of aromatic nitrogens is 1. The van der Waals surface area contributed by atoms with Gasteiger partial charge in [0.25, 0.3) is 15.9 Å². The van der Waals surface area contributed by atoms with Crippen LogP contribution in [0.4, 0.5) is 0 Å². The minimum absolute atomic E-state index is 0.193. The van der Waals surface area contributed by atoms with Gasteiger partial charge in [0.15, 0.2) is 4.80 Å². The SMILES string of the molecule is CCn1c(=NC(=O)C2CCCN(S(=O)(=O)c3cccs3)C2)sc2cc(C)ccc21. The van der Waals surface area contributed by atoms with Gasteiger partial charge in [-0.25, -0.2) is 8.42 Å². The number of nitrogens with zero attached hydrogens (tertiary/aromatic N) is 3. The number of rotatable bonds is 4. The molecule has 6 nitrogen and oxygen atoms in total. The van der Waals surface area contributed by atoms with Crippen LogP contribution in [0.2, 0.25) is 0 Å². The Kier molecular flexibility index (Phi) is 5.74. The summed E-state index contributed by atoms with van der Waals surface area (Å²) in [5.74, 6) is -0.641. The first-order valence-electron chi connectivity index (χ1n) is 9.62. The molecular formula is C20H23N3O3S3. The van der Waals surface area contributed by atoms with E-state index in [1.165, 1.54) is 32.5 Å². The van der Waals surface area contributed by atoms with E-state index in [0.717, 1.165) is 16.8 Å². The predicted molar refractivity (Wildman–Crippen MR) is 117 cm³/mol. The third-order valence-electron chi connectivity index (χ3n) is 5.18. The largest absolute Gasteiger partial charge is 0.317 e. The van der Waals surface area contributed by atoms with E-state index in [2.05, 4.69) is 23.2 Å². The van der Waals surface area contributed by atoms with Crippen LogP contribution < -0.4 is 4.80 Å². The molecule has 0 radical (unpaired) electrons. The summed E-state index contributed by atoms with van der Waals surface area (Å²) in [6.07, 6.45) is 1.32. The van der Waals surface area contributed by atoms with Gasteiger partial charge in [-0.05, 0) is 55.8 Å². The van der Waals surface area contributed by atoms with Gasteiger partial charge >= 0.3 is 0 Å². The molecule has 0 spiro atoms. The molecule has 2 aromatic heterocycles. The van der Waals surface area contributed by atoms with Crippen molar-refractivity contribution in [2.45, 2.75) is 37.4 Å². The summed E-state index contributed by atoms with van der Waals surface area (Å²) in [5.41, 5.74) is 2.24. The van der Waals surface area contributed by atoms with Crippen LogP contribution in [0.3, 0.4) is 0 Å². The number of amides is 1. The van der Waals surface area contributed by atoms with E-state index in [1.807, 2.05) is 18.4 Å². The monoisotopic (exact) mass is 449 g/mol. The van der Waals surface area contributed by atoms with Crippen molar-refractivity contribution in [1.82, 2.24) is 8.87 Å². The number of carbonyl (C=O) groups is 1. The van der Waals surface area contributed by atoms with Gasteiger partial charge < -0.3 is 4.57 Å². The summed E-state index contributed by atoms with van der Waals surface area (Å²) in [6.45, 7) is 5.44. The molecule has 1 saturated heterocycles. The zero-order chi connectivity index (χ0) is 20.6. The Morgan fingerprint density at radius 1 is 1.31 bits per heavy atom. The molecule has 9 heteroatoms. The van der Waals surface area contributed by atoms with Crippen LogP contribution in [0.15, 0.2) is 44.9 Å². The molecule has 1 aliphatic rings. The lowest BCUT2D eigenvalue weighted by atomic mass is 9.99. The lowest BCUT2D eigenvalue weighted by Gasteiger charge is -2.29. The summed E-state index contributed by atoms with van der Waals surface area (Å²) in [6, 6.07) is 9.56. The van der Waals surface area contributed by atoms with Crippen molar-refractivity contribution < 1.29 is 13.2 Å². The minimum Gasteiger partial charge on any atom is -0.317 e. The van der Waals surface area contributed by atoms with Crippen molar-refractivity contribution in [2.24, 2.45) is 10.9 Å². The van der Waals surface area contributed by atoms with Crippen molar-refractivity contribution in [3.05, 3.63) is 46.1 Å². The number of benzene rings is 1. The summed E-state index contributed by atoms with van der Waals surface area (Å²) in [7, 11) is -3.54. The smallest absolute Gasteiger partial charge is 0.252 e. The number of thiophene rings is 1. The van der Waals surface area contributed by atoms with Crippen LogP contribution in [0.1, 0.15) is 25.3 Å². The highest BCUT2D eigenvalue weighted by atomic mass is 32.2. The molecule has 1 aromatic carbocycles. The molecule has 0 N–H and O–H groups in total. The van der Waals surface area contributed by atoms with Crippen LogP contribution in [-0.2, 0) is 21.4 Å². The summed E-state index contributed by atoms with van der Waals surface area (Å²) in [5, 5.41) is 1.75. The second-order valence-corrected chi connectivity index (χ2v) is 11.3. The second kappa shape index (κ2) is 8.14. The van der Waals surface area contributed by atoms with Gasteiger partial charge in [0, 0.05) is 19.6 Å². The standard InChI is InChI=1S/C20H23N3O3S3/c1-3-23-16-9-8-14(2)12-17(16)28-20(23)21-19(24)15-6-4-10-22(13-15)29(25,26)18-7-5-11-27-18/h5,7-9,11-12,15H,3-4,6,10,13H2,1-2H3. The third-order valence-corrected chi connectivity index (χ3v) is 9.46. The average Bonchev–Trinajstić information content (AvgIpc) is 3.35. The number of thiazole rings is 1. The highest BCUT2D eigenvalue weighted by Gasteiger charge is 2.33. The molecule has 1 amide bonds. The Morgan fingerprint density at radius 2 is 2.14 bits per heavy atom. The van der Waals surface area contributed by atoms with Gasteiger partial charge in [-0.1, -0.05) is 23.5 Å². The Bertz CT molecular complexity index is 1210. The fourth-order valence-corrected chi connectivity index (χ4v) is 7.52. The van der Waals surface area contributed by atoms with E-state index < -0.39 is 15.9 Å². The van der Waals surface area contributed by atoms with E-state index in [4.69, 9.17) is 0 Å². The van der Waals surface area contributed by atoms with Crippen LogP contribution >= 0.6 is 22.7 Å². The Balaban J connectivity index is 1.62. The molecule has 0 bridgehead atoms. The molecule has 4 rings (SSSR count). The number of carbonyl (C=O) groups excluding carboxylic acids is 1. The quantitative estimate of drug-likeness (QED) is 0.611. The first-order valence-corrected chi connectivity index (χ1v) is 12.8. The van der Waals surface area contributed by atoms with Crippen molar-refractivity contribution in [3.8, 4) is 0 Å². The zero-order valence-corrected chi connectivity index (χ0v) is 18.8. The number of aryl methyl sites for hydroxylation is 2. The summed E-state index contributed by atoms with van der Waals surface area (Å²) < 4.78 is 30.5. The maximum absolute atomic E-state index is 12.9. The lowest BCUT2D eigenvalue weighted by Crippen LogP contribution is -2.42. The normalized spacial score (nSPS) is 19.1. The average molecular weight is 450 g/mol. The van der Waals surface area contributed by atoms with E-state index in [0.29, 0.717) is 28.4 Å². The van der Waals surface area contributed by atoms with Crippen molar-refractivity contribution in [1.29, 1.82) is 0 Å². The van der Waals surface area contributed by atoms with Crippen molar-refractivity contribution >= 4 is 48.8 Å². The minimum atomic E-state index is -3.54. The van der Waals surface area contributed by atoms with Gasteiger partial charge in [-0.15, -0.1) is 11.3 Å². The van der Waals surface area contributed by atoms with Crippen LogP contribution in [0.5, 0.6) is 0 Å². The Hall–Kier alpha value is -1.81. The van der Waals surface area contributed by atoms with E-state index >= 15 is 0 Å². The topological polar surface area (TPSA) is 71.7 Å². The molecule has 154 valence electrons. The third kappa shape index (κ3) is 3.96. The van der Waals surface area contributed by atoms with Crippen LogP contribution in [-0.4, -0.2) is 36.3 Å². The predicted octanol–water partition coefficient (Wildman–Crippen LogP) is 3.62. The fourth-order valence-electron chi connectivity index (χ4n) is 3.66. The molecular weight excluding hydrogens is 426 g/mol.